The van der Waals surface area contributed by atoms with E-state index in [9.17, 15) is 4.79 Å². The summed E-state index contributed by atoms with van der Waals surface area (Å²) in [5.41, 5.74) is 9.30. The third kappa shape index (κ3) is 2.37. The molecule has 1 amide bonds. The molecule has 3 rings (SSSR count). The second-order valence-electron chi connectivity index (χ2n) is 4.98. The first-order valence-corrected chi connectivity index (χ1v) is 6.94. The van der Waals surface area contributed by atoms with Crippen molar-refractivity contribution in [2.75, 3.05) is 12.3 Å². The lowest BCUT2D eigenvalue weighted by molar-refractivity contribution is 0.0735. The molecular formula is C16H15ClN2O. The molecule has 2 N–H and O–H groups in total. The van der Waals surface area contributed by atoms with Gasteiger partial charge in [-0.25, -0.2) is 0 Å². The van der Waals surface area contributed by atoms with Crippen LogP contribution in [0.3, 0.4) is 0 Å². The van der Waals surface area contributed by atoms with Crippen LogP contribution in [0.25, 0.3) is 0 Å². The number of anilines is 1. The number of nitrogen functional groups attached to an aromatic ring is 1. The summed E-state index contributed by atoms with van der Waals surface area (Å²) >= 11 is 5.98. The molecule has 3 nitrogen and oxygen atoms in total. The van der Waals surface area contributed by atoms with Gasteiger partial charge in [0.25, 0.3) is 5.91 Å². The van der Waals surface area contributed by atoms with Crippen LogP contribution in [0.5, 0.6) is 0 Å². The summed E-state index contributed by atoms with van der Waals surface area (Å²) in [5, 5.41) is 0.424. The van der Waals surface area contributed by atoms with Gasteiger partial charge in [0, 0.05) is 18.7 Å². The molecule has 0 saturated carbocycles. The van der Waals surface area contributed by atoms with Gasteiger partial charge in [0.15, 0.2) is 0 Å². The van der Waals surface area contributed by atoms with E-state index in [2.05, 4.69) is 12.1 Å². The van der Waals surface area contributed by atoms with Crippen molar-refractivity contribution in [1.29, 1.82) is 0 Å². The van der Waals surface area contributed by atoms with E-state index < -0.39 is 0 Å². The van der Waals surface area contributed by atoms with Crippen LogP contribution in [0, 0.1) is 0 Å². The highest BCUT2D eigenvalue weighted by atomic mass is 35.5. The molecule has 0 unspecified atom stereocenters. The summed E-state index contributed by atoms with van der Waals surface area (Å²) in [5.74, 6) is 0.00130. The van der Waals surface area contributed by atoms with Crippen LogP contribution in [0.15, 0.2) is 42.5 Å². The monoisotopic (exact) mass is 286 g/mol. The van der Waals surface area contributed by atoms with Gasteiger partial charge in [-0.3, -0.25) is 4.79 Å². The number of nitrogens with zero attached hydrogens (tertiary/aromatic N) is 1. The van der Waals surface area contributed by atoms with Crippen molar-refractivity contribution in [3.05, 3.63) is 64.2 Å². The van der Waals surface area contributed by atoms with Gasteiger partial charge < -0.3 is 10.6 Å². The van der Waals surface area contributed by atoms with Gasteiger partial charge in [-0.05, 0) is 35.7 Å². The van der Waals surface area contributed by atoms with Crippen molar-refractivity contribution in [2.24, 2.45) is 0 Å². The van der Waals surface area contributed by atoms with Crippen molar-refractivity contribution in [3.63, 3.8) is 0 Å². The van der Waals surface area contributed by atoms with Gasteiger partial charge >= 0.3 is 0 Å². The Labute approximate surface area is 123 Å². The molecule has 2 aromatic rings. The molecule has 1 heterocycles. The lowest BCUT2D eigenvalue weighted by atomic mass is 9.99. The Morgan fingerprint density at radius 3 is 2.65 bits per heavy atom. The lowest BCUT2D eigenvalue weighted by Gasteiger charge is -2.29. The first-order valence-electron chi connectivity index (χ1n) is 6.56. The van der Waals surface area contributed by atoms with Crippen LogP contribution in [-0.2, 0) is 13.0 Å². The number of benzene rings is 2. The summed E-state index contributed by atoms with van der Waals surface area (Å²) in [6.07, 6.45) is 0.893. The molecule has 0 aromatic heterocycles. The van der Waals surface area contributed by atoms with E-state index in [0.717, 1.165) is 13.0 Å². The number of nitrogens with two attached hydrogens (primary N) is 1. The Morgan fingerprint density at radius 2 is 1.90 bits per heavy atom. The first kappa shape index (κ1) is 13.0. The lowest BCUT2D eigenvalue weighted by Crippen LogP contribution is -2.35. The highest BCUT2D eigenvalue weighted by molar-refractivity contribution is 6.33. The van der Waals surface area contributed by atoms with Crippen molar-refractivity contribution in [1.82, 2.24) is 4.90 Å². The fourth-order valence-corrected chi connectivity index (χ4v) is 2.69. The molecular weight excluding hydrogens is 272 g/mol. The van der Waals surface area contributed by atoms with Gasteiger partial charge in [-0.1, -0.05) is 35.9 Å². The summed E-state index contributed by atoms with van der Waals surface area (Å²) < 4.78 is 0. The predicted octanol–water partition coefficient (Wildman–Crippen LogP) is 3.12. The normalized spacial score (nSPS) is 13.9. The minimum Gasteiger partial charge on any atom is -0.398 e. The van der Waals surface area contributed by atoms with E-state index in [1.807, 2.05) is 17.0 Å². The molecule has 0 atom stereocenters. The maximum atomic E-state index is 12.5. The van der Waals surface area contributed by atoms with Crippen LogP contribution in [-0.4, -0.2) is 17.4 Å². The van der Waals surface area contributed by atoms with E-state index in [4.69, 9.17) is 17.3 Å². The number of hydrogen-bond donors (Lipinski definition) is 1. The zero-order valence-electron chi connectivity index (χ0n) is 11.0. The van der Waals surface area contributed by atoms with Gasteiger partial charge in [0.05, 0.1) is 10.7 Å². The van der Waals surface area contributed by atoms with Crippen molar-refractivity contribution in [3.8, 4) is 0 Å². The van der Waals surface area contributed by atoms with E-state index >= 15 is 0 Å². The number of rotatable bonds is 1. The van der Waals surface area contributed by atoms with Crippen LogP contribution in [0.2, 0.25) is 5.02 Å². The molecule has 20 heavy (non-hydrogen) atoms. The Kier molecular flexibility index (Phi) is 3.36. The Hall–Kier alpha value is -2.00. The van der Waals surface area contributed by atoms with E-state index in [1.165, 1.54) is 11.1 Å². The topological polar surface area (TPSA) is 46.3 Å². The largest absolute Gasteiger partial charge is 0.398 e. The van der Waals surface area contributed by atoms with Crippen LogP contribution < -0.4 is 5.73 Å². The molecule has 1 aliphatic heterocycles. The fourth-order valence-electron chi connectivity index (χ4n) is 2.51. The maximum absolute atomic E-state index is 12.5. The molecule has 0 spiro atoms. The fraction of sp³-hybridized carbons (Fsp3) is 0.188. The Morgan fingerprint density at radius 1 is 1.15 bits per heavy atom. The van der Waals surface area contributed by atoms with E-state index in [1.54, 1.807) is 18.2 Å². The molecule has 4 heteroatoms. The second kappa shape index (κ2) is 5.17. The van der Waals surface area contributed by atoms with Gasteiger partial charge in [-0.2, -0.15) is 0 Å². The third-order valence-corrected chi connectivity index (χ3v) is 3.99. The zero-order chi connectivity index (χ0) is 14.1. The average molecular weight is 287 g/mol. The number of fused-ring (bicyclic) bond motifs is 1. The zero-order valence-corrected chi connectivity index (χ0v) is 11.7. The quantitative estimate of drug-likeness (QED) is 0.819. The SMILES string of the molecule is Nc1ccc(C(=O)N2CCc3ccccc3C2)cc1Cl. The van der Waals surface area contributed by atoms with Crippen LogP contribution in [0.4, 0.5) is 5.69 Å². The first-order chi connectivity index (χ1) is 9.65. The van der Waals surface area contributed by atoms with Gasteiger partial charge in [0.1, 0.15) is 0 Å². The standard InChI is InChI=1S/C16H15ClN2O/c17-14-9-12(5-6-15(14)18)16(20)19-8-7-11-3-1-2-4-13(11)10-19/h1-6,9H,7-8,10,18H2. The van der Waals surface area contributed by atoms with Gasteiger partial charge in [0.2, 0.25) is 0 Å². The van der Waals surface area contributed by atoms with Crippen molar-refractivity contribution < 1.29 is 4.79 Å². The summed E-state index contributed by atoms with van der Waals surface area (Å²) in [6.45, 7) is 1.38. The summed E-state index contributed by atoms with van der Waals surface area (Å²) in [6, 6.07) is 13.3. The number of amides is 1. The summed E-state index contributed by atoms with van der Waals surface area (Å²) in [4.78, 5) is 14.4. The average Bonchev–Trinajstić information content (AvgIpc) is 2.49. The highest BCUT2D eigenvalue weighted by Gasteiger charge is 2.21. The molecule has 0 bridgehead atoms. The molecule has 102 valence electrons. The molecule has 2 aromatic carbocycles. The second-order valence-corrected chi connectivity index (χ2v) is 5.39. The molecule has 0 fully saturated rings. The minimum atomic E-state index is 0.00130. The van der Waals surface area contributed by atoms with Crippen LogP contribution >= 0.6 is 11.6 Å². The smallest absolute Gasteiger partial charge is 0.254 e. The molecule has 0 radical (unpaired) electrons. The third-order valence-electron chi connectivity index (χ3n) is 3.67. The number of hydrogen-bond acceptors (Lipinski definition) is 2. The molecule has 1 aliphatic rings. The summed E-state index contributed by atoms with van der Waals surface area (Å²) in [7, 11) is 0. The van der Waals surface area contributed by atoms with Crippen LogP contribution in [0.1, 0.15) is 21.5 Å². The molecule has 0 aliphatic carbocycles. The van der Waals surface area contributed by atoms with Crippen molar-refractivity contribution >= 4 is 23.2 Å². The Bertz CT molecular complexity index is 669. The predicted molar refractivity (Wildman–Crippen MR) is 80.8 cm³/mol. The number of carbonyl (C=O) groups is 1. The maximum Gasteiger partial charge on any atom is 0.254 e. The van der Waals surface area contributed by atoms with E-state index in [0.29, 0.717) is 22.8 Å². The molecule has 0 saturated heterocycles. The minimum absolute atomic E-state index is 0.00130. The van der Waals surface area contributed by atoms with E-state index in [-0.39, 0.29) is 5.91 Å². The number of carbonyl (C=O) groups excluding carboxylic acids is 1. The number of halogens is 1. The van der Waals surface area contributed by atoms with Gasteiger partial charge in [-0.15, -0.1) is 0 Å². The highest BCUT2D eigenvalue weighted by Crippen LogP contribution is 2.23. The Balaban J connectivity index is 1.84. The van der Waals surface area contributed by atoms with Crippen molar-refractivity contribution in [2.45, 2.75) is 13.0 Å².